The molecule has 0 saturated carbocycles. The SMILES string of the molecule is NCC1CCc2ccccc2O1.O=C(O)/C=C\C(=O)O. The van der Waals surface area contributed by atoms with Crippen LogP contribution in [0.4, 0.5) is 0 Å². The van der Waals surface area contributed by atoms with Crippen molar-refractivity contribution >= 4 is 11.9 Å². The van der Waals surface area contributed by atoms with E-state index in [1.54, 1.807) is 0 Å². The van der Waals surface area contributed by atoms with E-state index in [0.29, 0.717) is 18.7 Å². The van der Waals surface area contributed by atoms with Gasteiger partial charge in [0, 0.05) is 18.7 Å². The Bertz CT molecular complexity index is 482. The standard InChI is InChI=1S/C10H13NO.C4H4O4/c11-7-9-6-5-8-3-1-2-4-10(8)12-9;5-3(6)1-2-4(7)8/h1-4,9H,5-7,11H2;1-2H,(H,5,6)(H,7,8)/b;2-1-. The van der Waals surface area contributed by atoms with Crippen LogP contribution in [0.2, 0.25) is 0 Å². The summed E-state index contributed by atoms with van der Waals surface area (Å²) in [5.74, 6) is -1.50. The normalized spacial score (nSPS) is 16.6. The molecule has 0 bridgehead atoms. The number of aryl methyl sites for hydroxylation is 1. The third kappa shape index (κ3) is 5.53. The van der Waals surface area contributed by atoms with Gasteiger partial charge in [-0.2, -0.15) is 0 Å². The fraction of sp³-hybridized carbons (Fsp3) is 0.286. The van der Waals surface area contributed by atoms with E-state index in [1.165, 1.54) is 5.56 Å². The van der Waals surface area contributed by atoms with Crippen LogP contribution in [-0.2, 0) is 16.0 Å². The van der Waals surface area contributed by atoms with Crippen molar-refractivity contribution < 1.29 is 24.5 Å². The highest BCUT2D eigenvalue weighted by atomic mass is 16.5. The summed E-state index contributed by atoms with van der Waals surface area (Å²) in [6.07, 6.45) is 3.48. The van der Waals surface area contributed by atoms with Crippen LogP contribution in [0.5, 0.6) is 5.75 Å². The highest BCUT2D eigenvalue weighted by Crippen LogP contribution is 2.26. The molecular weight excluding hydrogens is 262 g/mol. The van der Waals surface area contributed by atoms with Crippen molar-refractivity contribution in [3.8, 4) is 5.75 Å². The zero-order valence-electron chi connectivity index (χ0n) is 10.9. The van der Waals surface area contributed by atoms with Crippen LogP contribution in [-0.4, -0.2) is 34.8 Å². The van der Waals surface area contributed by atoms with E-state index in [9.17, 15) is 9.59 Å². The number of benzene rings is 1. The predicted octanol–water partition coefficient (Wildman–Crippen LogP) is 1.05. The summed E-state index contributed by atoms with van der Waals surface area (Å²) in [5.41, 5.74) is 6.84. The van der Waals surface area contributed by atoms with Gasteiger partial charge in [0.2, 0.25) is 0 Å². The number of aliphatic carboxylic acids is 2. The molecule has 4 N–H and O–H groups in total. The van der Waals surface area contributed by atoms with Crippen LogP contribution in [0.3, 0.4) is 0 Å². The first-order valence-corrected chi connectivity index (χ1v) is 6.11. The summed E-state index contributed by atoms with van der Waals surface area (Å²) >= 11 is 0. The molecule has 0 aromatic heterocycles. The first kappa shape index (κ1) is 15.7. The highest BCUT2D eigenvalue weighted by molar-refractivity contribution is 5.89. The van der Waals surface area contributed by atoms with Crippen molar-refractivity contribution in [2.75, 3.05) is 6.54 Å². The Labute approximate surface area is 116 Å². The molecule has 0 radical (unpaired) electrons. The van der Waals surface area contributed by atoms with Crippen molar-refractivity contribution in [3.05, 3.63) is 42.0 Å². The monoisotopic (exact) mass is 279 g/mol. The lowest BCUT2D eigenvalue weighted by Crippen LogP contribution is -2.30. The molecule has 1 heterocycles. The van der Waals surface area contributed by atoms with Crippen LogP contribution in [0.15, 0.2) is 36.4 Å². The van der Waals surface area contributed by atoms with Gasteiger partial charge < -0.3 is 20.7 Å². The highest BCUT2D eigenvalue weighted by Gasteiger charge is 2.16. The van der Waals surface area contributed by atoms with Gasteiger partial charge in [-0.25, -0.2) is 9.59 Å². The molecule has 0 fully saturated rings. The Balaban J connectivity index is 0.000000221. The van der Waals surface area contributed by atoms with Crippen molar-refractivity contribution in [3.63, 3.8) is 0 Å². The smallest absolute Gasteiger partial charge is 0.328 e. The summed E-state index contributed by atoms with van der Waals surface area (Å²) in [5, 5.41) is 15.6. The summed E-state index contributed by atoms with van der Waals surface area (Å²) in [4.78, 5) is 19.1. The van der Waals surface area contributed by atoms with Crippen LogP contribution in [0, 0.1) is 0 Å². The number of ether oxygens (including phenoxy) is 1. The molecule has 0 amide bonds. The molecule has 0 spiro atoms. The van der Waals surface area contributed by atoms with Crippen LogP contribution < -0.4 is 10.5 Å². The van der Waals surface area contributed by atoms with Crippen LogP contribution in [0.25, 0.3) is 0 Å². The van der Waals surface area contributed by atoms with Crippen LogP contribution in [0.1, 0.15) is 12.0 Å². The van der Waals surface area contributed by atoms with Gasteiger partial charge in [-0.15, -0.1) is 0 Å². The number of hydrogen-bond donors (Lipinski definition) is 3. The molecule has 1 unspecified atom stereocenters. The van der Waals surface area contributed by atoms with Gasteiger partial charge in [-0.1, -0.05) is 18.2 Å². The third-order valence-electron chi connectivity index (χ3n) is 2.63. The molecular formula is C14H17NO5. The van der Waals surface area contributed by atoms with Gasteiger partial charge in [0.25, 0.3) is 0 Å². The van der Waals surface area contributed by atoms with Crippen molar-refractivity contribution in [1.82, 2.24) is 0 Å². The minimum absolute atomic E-state index is 0.222. The molecule has 0 aliphatic carbocycles. The fourth-order valence-corrected chi connectivity index (χ4v) is 1.69. The molecule has 20 heavy (non-hydrogen) atoms. The number of fused-ring (bicyclic) bond motifs is 1. The van der Waals surface area contributed by atoms with Gasteiger partial charge in [-0.05, 0) is 24.5 Å². The maximum Gasteiger partial charge on any atom is 0.328 e. The van der Waals surface area contributed by atoms with E-state index < -0.39 is 11.9 Å². The van der Waals surface area contributed by atoms with Crippen molar-refractivity contribution in [2.45, 2.75) is 18.9 Å². The minimum atomic E-state index is -1.26. The largest absolute Gasteiger partial charge is 0.489 e. The van der Waals surface area contributed by atoms with Crippen molar-refractivity contribution in [2.24, 2.45) is 5.73 Å². The molecule has 2 rings (SSSR count). The van der Waals surface area contributed by atoms with E-state index in [2.05, 4.69) is 6.07 Å². The van der Waals surface area contributed by atoms with Gasteiger partial charge in [-0.3, -0.25) is 0 Å². The second-order valence-corrected chi connectivity index (χ2v) is 4.13. The number of hydrogen-bond acceptors (Lipinski definition) is 4. The topological polar surface area (TPSA) is 110 Å². The maximum atomic E-state index is 9.55. The Hall–Kier alpha value is -2.34. The summed E-state index contributed by atoms with van der Waals surface area (Å²) in [6.45, 7) is 0.619. The lowest BCUT2D eigenvalue weighted by molar-refractivity contribution is -0.134. The summed E-state index contributed by atoms with van der Waals surface area (Å²) < 4.78 is 5.66. The quantitative estimate of drug-likeness (QED) is 0.713. The Morgan fingerprint density at radius 2 is 1.85 bits per heavy atom. The van der Waals surface area contributed by atoms with E-state index in [-0.39, 0.29) is 6.10 Å². The second kappa shape index (κ2) is 7.96. The molecule has 108 valence electrons. The van der Waals surface area contributed by atoms with E-state index in [0.717, 1.165) is 18.6 Å². The Morgan fingerprint density at radius 1 is 1.25 bits per heavy atom. The zero-order valence-corrected chi connectivity index (χ0v) is 10.9. The number of rotatable bonds is 3. The molecule has 0 saturated heterocycles. The zero-order chi connectivity index (χ0) is 15.0. The number of para-hydroxylation sites is 1. The number of carbonyl (C=O) groups is 2. The fourth-order valence-electron chi connectivity index (χ4n) is 1.69. The second-order valence-electron chi connectivity index (χ2n) is 4.13. The summed E-state index contributed by atoms with van der Waals surface area (Å²) in [6, 6.07) is 8.17. The summed E-state index contributed by atoms with van der Waals surface area (Å²) in [7, 11) is 0. The van der Waals surface area contributed by atoms with Gasteiger partial charge >= 0.3 is 11.9 Å². The van der Waals surface area contributed by atoms with Gasteiger partial charge in [0.1, 0.15) is 11.9 Å². The first-order valence-electron chi connectivity index (χ1n) is 6.11. The Morgan fingerprint density at radius 3 is 2.40 bits per heavy atom. The molecule has 6 nitrogen and oxygen atoms in total. The molecule has 6 heteroatoms. The van der Waals surface area contributed by atoms with E-state index in [4.69, 9.17) is 20.7 Å². The van der Waals surface area contributed by atoms with Crippen LogP contribution >= 0.6 is 0 Å². The predicted molar refractivity (Wildman–Crippen MR) is 72.6 cm³/mol. The molecule has 1 aliphatic rings. The molecule has 1 atom stereocenters. The third-order valence-corrected chi connectivity index (χ3v) is 2.63. The maximum absolute atomic E-state index is 9.55. The van der Waals surface area contributed by atoms with Gasteiger partial charge in [0.05, 0.1) is 0 Å². The lowest BCUT2D eigenvalue weighted by atomic mass is 10.0. The number of carboxylic acid groups (broad SMARTS) is 2. The van der Waals surface area contributed by atoms with E-state index >= 15 is 0 Å². The Kier molecular flexibility index (Phi) is 6.25. The minimum Gasteiger partial charge on any atom is -0.489 e. The average Bonchev–Trinajstić information content (AvgIpc) is 2.45. The van der Waals surface area contributed by atoms with E-state index in [1.807, 2.05) is 18.2 Å². The lowest BCUT2D eigenvalue weighted by Gasteiger charge is -2.24. The average molecular weight is 279 g/mol. The molecule has 1 aromatic rings. The van der Waals surface area contributed by atoms with Crippen molar-refractivity contribution in [1.29, 1.82) is 0 Å². The molecule has 1 aromatic carbocycles. The first-order chi connectivity index (χ1) is 9.52. The number of carboxylic acids is 2. The molecule has 1 aliphatic heterocycles. The van der Waals surface area contributed by atoms with Gasteiger partial charge in [0.15, 0.2) is 0 Å². The number of nitrogens with two attached hydrogens (primary N) is 1.